The van der Waals surface area contributed by atoms with Crippen molar-refractivity contribution in [3.8, 4) is 0 Å². The number of anilines is 1. The van der Waals surface area contributed by atoms with Crippen molar-refractivity contribution in [2.24, 2.45) is 0 Å². The summed E-state index contributed by atoms with van der Waals surface area (Å²) in [4.78, 5) is 37.1. The Morgan fingerprint density at radius 3 is 2.53 bits per heavy atom. The minimum Gasteiger partial charge on any atom is -0.452 e. The van der Waals surface area contributed by atoms with E-state index in [0.29, 0.717) is 37.0 Å². The second kappa shape index (κ2) is 10.0. The number of esters is 1. The summed E-state index contributed by atoms with van der Waals surface area (Å²) < 4.78 is 10.4. The maximum atomic E-state index is 12.6. The molecule has 0 atom stereocenters. The van der Waals surface area contributed by atoms with Gasteiger partial charge in [0.15, 0.2) is 6.61 Å². The molecule has 1 saturated heterocycles. The number of amides is 1. The lowest BCUT2D eigenvalue weighted by Gasteiger charge is -2.30. The molecule has 3 rings (SSSR count). The zero-order chi connectivity index (χ0) is 21.5. The van der Waals surface area contributed by atoms with Gasteiger partial charge >= 0.3 is 5.97 Å². The van der Waals surface area contributed by atoms with Gasteiger partial charge in [-0.1, -0.05) is 23.7 Å². The molecule has 158 valence electrons. The van der Waals surface area contributed by atoms with E-state index in [1.54, 1.807) is 24.3 Å². The molecule has 1 aliphatic heterocycles. The van der Waals surface area contributed by atoms with Crippen LogP contribution in [-0.4, -0.2) is 49.7 Å². The first kappa shape index (κ1) is 21.5. The molecule has 1 aliphatic rings. The first-order chi connectivity index (χ1) is 14.4. The third-order valence-corrected chi connectivity index (χ3v) is 4.75. The molecule has 0 spiro atoms. The molecule has 1 N–H and O–H groups in total. The van der Waals surface area contributed by atoms with Crippen molar-refractivity contribution in [2.75, 3.05) is 37.8 Å². The highest BCUT2D eigenvalue weighted by molar-refractivity contribution is 6.30. The number of nitrogens with zero attached hydrogens (tertiary/aromatic N) is 2. The summed E-state index contributed by atoms with van der Waals surface area (Å²) in [5.74, 6) is -1.29. The number of hydrogen-bond acceptors (Lipinski definition) is 7. The number of nitrogens with one attached hydrogen (secondary N) is 1. The van der Waals surface area contributed by atoms with E-state index in [2.05, 4.69) is 5.32 Å². The fourth-order valence-corrected chi connectivity index (χ4v) is 3.07. The van der Waals surface area contributed by atoms with Gasteiger partial charge in [0, 0.05) is 36.8 Å². The molecular formula is C20H20ClN3O6. The minimum atomic E-state index is -0.804. The van der Waals surface area contributed by atoms with E-state index >= 15 is 0 Å². The van der Waals surface area contributed by atoms with E-state index in [-0.39, 0.29) is 17.8 Å². The van der Waals surface area contributed by atoms with Gasteiger partial charge in [-0.25, -0.2) is 4.79 Å². The van der Waals surface area contributed by atoms with Crippen molar-refractivity contribution in [3.05, 3.63) is 68.7 Å². The second-order valence-electron chi connectivity index (χ2n) is 6.54. The normalized spacial score (nSPS) is 13.6. The largest absolute Gasteiger partial charge is 0.452 e. The molecule has 0 radical (unpaired) electrons. The first-order valence-electron chi connectivity index (χ1n) is 9.23. The number of ether oxygens (including phenoxy) is 2. The summed E-state index contributed by atoms with van der Waals surface area (Å²) in [6.07, 6.45) is 0. The standard InChI is InChI=1S/C20H20ClN3O6/c21-15-3-1-14(2-4-15)12-22-19(25)13-30-20(26)17-11-16(24(27)28)5-6-18(17)23-7-9-29-10-8-23/h1-6,11H,7-10,12-13H2,(H,22,25). The van der Waals surface area contributed by atoms with Gasteiger partial charge in [0.25, 0.3) is 11.6 Å². The van der Waals surface area contributed by atoms with E-state index in [4.69, 9.17) is 21.1 Å². The van der Waals surface area contributed by atoms with Crippen LogP contribution in [0.1, 0.15) is 15.9 Å². The van der Waals surface area contributed by atoms with Gasteiger partial charge in [0.2, 0.25) is 0 Å². The number of non-ortho nitro benzene ring substituents is 1. The van der Waals surface area contributed by atoms with Crippen molar-refractivity contribution >= 4 is 34.9 Å². The Morgan fingerprint density at radius 2 is 1.87 bits per heavy atom. The number of nitro groups is 1. The predicted octanol–water partition coefficient (Wildman–Crippen LogP) is 2.56. The number of morpholine rings is 1. The molecule has 10 heteroatoms. The highest BCUT2D eigenvalue weighted by atomic mass is 35.5. The minimum absolute atomic E-state index is 0.0385. The molecule has 0 aromatic heterocycles. The Morgan fingerprint density at radius 1 is 1.17 bits per heavy atom. The van der Waals surface area contributed by atoms with Gasteiger partial charge in [-0.3, -0.25) is 14.9 Å². The van der Waals surface area contributed by atoms with Crippen molar-refractivity contribution in [1.29, 1.82) is 0 Å². The Hall–Kier alpha value is -3.17. The van der Waals surface area contributed by atoms with E-state index < -0.39 is 23.4 Å². The third kappa shape index (κ3) is 5.68. The van der Waals surface area contributed by atoms with Crippen LogP contribution in [-0.2, 0) is 20.8 Å². The van der Waals surface area contributed by atoms with E-state index in [9.17, 15) is 19.7 Å². The molecule has 9 nitrogen and oxygen atoms in total. The maximum absolute atomic E-state index is 12.6. The number of rotatable bonds is 7. The van der Waals surface area contributed by atoms with E-state index in [1.807, 2.05) is 4.90 Å². The molecular weight excluding hydrogens is 414 g/mol. The predicted molar refractivity (Wildman–Crippen MR) is 110 cm³/mol. The van der Waals surface area contributed by atoms with Gasteiger partial charge in [-0.2, -0.15) is 0 Å². The van der Waals surface area contributed by atoms with Crippen molar-refractivity contribution < 1.29 is 24.0 Å². The summed E-state index contributed by atoms with van der Waals surface area (Å²) in [6.45, 7) is 1.80. The maximum Gasteiger partial charge on any atom is 0.341 e. The van der Waals surface area contributed by atoms with Crippen molar-refractivity contribution in [1.82, 2.24) is 5.32 Å². The van der Waals surface area contributed by atoms with Crippen LogP contribution in [0, 0.1) is 10.1 Å². The van der Waals surface area contributed by atoms with Gasteiger partial charge in [-0.15, -0.1) is 0 Å². The fourth-order valence-electron chi connectivity index (χ4n) is 2.94. The monoisotopic (exact) mass is 433 g/mol. The molecule has 0 bridgehead atoms. The first-order valence-corrected chi connectivity index (χ1v) is 9.61. The third-order valence-electron chi connectivity index (χ3n) is 4.50. The fraction of sp³-hybridized carbons (Fsp3) is 0.300. The lowest BCUT2D eigenvalue weighted by atomic mass is 10.1. The number of hydrogen-bond donors (Lipinski definition) is 1. The second-order valence-corrected chi connectivity index (χ2v) is 6.97. The summed E-state index contributed by atoms with van der Waals surface area (Å²) in [5, 5.41) is 14.3. The van der Waals surface area contributed by atoms with Crippen LogP contribution in [0.4, 0.5) is 11.4 Å². The zero-order valence-electron chi connectivity index (χ0n) is 16.0. The smallest absolute Gasteiger partial charge is 0.341 e. The number of carbonyl (C=O) groups excluding carboxylic acids is 2. The number of carbonyl (C=O) groups is 2. The van der Waals surface area contributed by atoms with Crippen LogP contribution in [0.5, 0.6) is 0 Å². The van der Waals surface area contributed by atoms with Crippen LogP contribution < -0.4 is 10.2 Å². The molecule has 0 saturated carbocycles. The number of halogens is 1. The Balaban J connectivity index is 1.64. The molecule has 2 aromatic carbocycles. The summed E-state index contributed by atoms with van der Waals surface area (Å²) in [6, 6.07) is 11.0. The summed E-state index contributed by atoms with van der Waals surface area (Å²) in [7, 11) is 0. The number of nitro benzene ring substituents is 1. The van der Waals surface area contributed by atoms with Crippen LogP contribution in [0.15, 0.2) is 42.5 Å². The van der Waals surface area contributed by atoms with Crippen LogP contribution in [0.25, 0.3) is 0 Å². The molecule has 1 amide bonds. The van der Waals surface area contributed by atoms with Crippen molar-refractivity contribution in [2.45, 2.75) is 6.54 Å². The molecule has 2 aromatic rings. The lowest BCUT2D eigenvalue weighted by molar-refractivity contribution is -0.384. The van der Waals surface area contributed by atoms with Crippen LogP contribution in [0.2, 0.25) is 5.02 Å². The van der Waals surface area contributed by atoms with Crippen LogP contribution in [0.3, 0.4) is 0 Å². The molecule has 0 aliphatic carbocycles. The zero-order valence-corrected chi connectivity index (χ0v) is 16.8. The van der Waals surface area contributed by atoms with Gasteiger partial charge < -0.3 is 19.7 Å². The average Bonchev–Trinajstić information content (AvgIpc) is 2.77. The lowest BCUT2D eigenvalue weighted by Crippen LogP contribution is -2.37. The van der Waals surface area contributed by atoms with E-state index in [1.165, 1.54) is 18.2 Å². The molecule has 1 fully saturated rings. The number of benzene rings is 2. The summed E-state index contributed by atoms with van der Waals surface area (Å²) >= 11 is 5.82. The van der Waals surface area contributed by atoms with Crippen LogP contribution >= 0.6 is 11.6 Å². The Kier molecular flexibility index (Phi) is 7.21. The molecule has 0 unspecified atom stereocenters. The quantitative estimate of drug-likeness (QED) is 0.405. The Labute approximate surface area is 177 Å². The SMILES string of the molecule is O=C(COC(=O)c1cc([N+](=O)[O-])ccc1N1CCOCC1)NCc1ccc(Cl)cc1. The molecule has 30 heavy (non-hydrogen) atoms. The van der Waals surface area contributed by atoms with Crippen molar-refractivity contribution in [3.63, 3.8) is 0 Å². The molecule has 1 heterocycles. The topological polar surface area (TPSA) is 111 Å². The van der Waals surface area contributed by atoms with E-state index in [0.717, 1.165) is 5.56 Å². The highest BCUT2D eigenvalue weighted by Crippen LogP contribution is 2.27. The highest BCUT2D eigenvalue weighted by Gasteiger charge is 2.23. The van der Waals surface area contributed by atoms with Gasteiger partial charge in [-0.05, 0) is 23.8 Å². The van der Waals surface area contributed by atoms with Gasteiger partial charge in [0.1, 0.15) is 0 Å². The van der Waals surface area contributed by atoms with Gasteiger partial charge in [0.05, 0.1) is 29.4 Å². The Bertz CT molecular complexity index is 929. The summed E-state index contributed by atoms with van der Waals surface area (Å²) in [5.41, 5.74) is 1.16. The average molecular weight is 434 g/mol.